The second kappa shape index (κ2) is 5.23. The Labute approximate surface area is 128 Å². The lowest BCUT2D eigenvalue weighted by atomic mass is 9.84. The molecule has 2 heterocycles. The van der Waals surface area contributed by atoms with Crippen LogP contribution >= 0.6 is 11.6 Å². The van der Waals surface area contributed by atoms with E-state index in [9.17, 15) is 14.3 Å². The van der Waals surface area contributed by atoms with Crippen molar-refractivity contribution in [2.75, 3.05) is 33.3 Å². The number of hydrogen-bond donors (Lipinski definition) is 1. The summed E-state index contributed by atoms with van der Waals surface area (Å²) in [5.41, 5.74) is 0.406. The van der Waals surface area contributed by atoms with Crippen molar-refractivity contribution in [2.24, 2.45) is 5.92 Å². The molecule has 1 N–H and O–H groups in total. The molecule has 6 heteroatoms. The number of hydrogen-bond acceptors (Lipinski definition) is 3. The van der Waals surface area contributed by atoms with Crippen molar-refractivity contribution in [1.82, 2.24) is 9.80 Å². The van der Waals surface area contributed by atoms with Crippen LogP contribution in [0.25, 0.3) is 0 Å². The zero-order valence-corrected chi connectivity index (χ0v) is 12.6. The van der Waals surface area contributed by atoms with Crippen LogP contribution in [0.3, 0.4) is 0 Å². The lowest BCUT2D eigenvalue weighted by Gasteiger charge is -2.52. The first-order valence-electron chi connectivity index (χ1n) is 7.01. The van der Waals surface area contributed by atoms with E-state index in [1.54, 1.807) is 4.90 Å². The number of halogens is 2. The molecule has 2 fully saturated rings. The minimum absolute atomic E-state index is 0.00706. The highest BCUT2D eigenvalue weighted by Gasteiger charge is 2.52. The predicted molar refractivity (Wildman–Crippen MR) is 77.9 cm³/mol. The fourth-order valence-electron chi connectivity index (χ4n) is 3.45. The van der Waals surface area contributed by atoms with Gasteiger partial charge in [0, 0.05) is 31.8 Å². The number of benzene rings is 1. The molecule has 114 valence electrons. The lowest BCUT2D eigenvalue weighted by molar-refractivity contribution is -0.00774. The van der Waals surface area contributed by atoms with Crippen molar-refractivity contribution in [3.05, 3.63) is 34.6 Å². The topological polar surface area (TPSA) is 43.8 Å². The molecular formula is C15H18ClFN2O2. The number of rotatable bonds is 2. The van der Waals surface area contributed by atoms with Crippen molar-refractivity contribution in [3.8, 4) is 0 Å². The highest BCUT2D eigenvalue weighted by atomic mass is 35.5. The third-order valence-electron chi connectivity index (χ3n) is 4.69. The van der Waals surface area contributed by atoms with Crippen LogP contribution in [0.2, 0.25) is 5.02 Å². The first-order chi connectivity index (χ1) is 9.95. The van der Waals surface area contributed by atoms with Gasteiger partial charge in [0.05, 0.1) is 10.6 Å². The molecule has 1 atom stereocenters. The van der Waals surface area contributed by atoms with Crippen LogP contribution in [-0.4, -0.2) is 59.6 Å². The summed E-state index contributed by atoms with van der Waals surface area (Å²) in [7, 11) is 2.03. The summed E-state index contributed by atoms with van der Waals surface area (Å²) in [5.74, 6) is -0.356. The Kier molecular flexibility index (Phi) is 3.67. The highest BCUT2D eigenvalue weighted by molar-refractivity contribution is 6.31. The van der Waals surface area contributed by atoms with Gasteiger partial charge >= 0.3 is 0 Å². The molecule has 0 aromatic heterocycles. The average Bonchev–Trinajstić information content (AvgIpc) is 2.76. The minimum Gasteiger partial charge on any atom is -0.396 e. The van der Waals surface area contributed by atoms with Crippen molar-refractivity contribution in [2.45, 2.75) is 12.0 Å². The molecule has 1 amide bonds. The van der Waals surface area contributed by atoms with Gasteiger partial charge < -0.3 is 10.0 Å². The van der Waals surface area contributed by atoms with E-state index < -0.39 is 5.82 Å². The summed E-state index contributed by atoms with van der Waals surface area (Å²) in [5, 5.41) is 9.25. The summed E-state index contributed by atoms with van der Waals surface area (Å²) in [6, 6.07) is 4.05. The standard InChI is InChI=1S/C15H18ClFN2O2/c1-18-6-10(7-20)5-15(18)8-19(9-15)14(21)11-2-3-13(17)12(16)4-11/h2-4,10,20H,5-9H2,1H3/t10-/m0/s1. The zero-order chi connectivity index (χ0) is 15.2. The Bertz CT molecular complexity index is 575. The maximum atomic E-state index is 13.1. The van der Waals surface area contributed by atoms with Gasteiger partial charge in [0.2, 0.25) is 0 Å². The minimum atomic E-state index is -0.519. The SMILES string of the molecule is CN1C[C@@H](CO)CC12CN(C(=O)c1ccc(F)c(Cl)c1)C2. The summed E-state index contributed by atoms with van der Waals surface area (Å²) < 4.78 is 13.1. The van der Waals surface area contributed by atoms with E-state index in [1.807, 2.05) is 7.05 Å². The van der Waals surface area contributed by atoms with Crippen LogP contribution in [0.1, 0.15) is 16.8 Å². The Hall–Kier alpha value is -1.17. The maximum absolute atomic E-state index is 13.1. The molecule has 0 aliphatic carbocycles. The summed E-state index contributed by atoms with van der Waals surface area (Å²) in [6.45, 7) is 2.34. The molecule has 0 bridgehead atoms. The largest absolute Gasteiger partial charge is 0.396 e. The van der Waals surface area contributed by atoms with Crippen LogP contribution in [0.4, 0.5) is 4.39 Å². The molecule has 2 saturated heterocycles. The van der Waals surface area contributed by atoms with Crippen LogP contribution in [0, 0.1) is 11.7 Å². The van der Waals surface area contributed by atoms with Gasteiger partial charge in [-0.25, -0.2) is 4.39 Å². The number of nitrogens with zero attached hydrogens (tertiary/aromatic N) is 2. The molecule has 0 radical (unpaired) electrons. The Morgan fingerprint density at radius 3 is 2.81 bits per heavy atom. The zero-order valence-electron chi connectivity index (χ0n) is 11.9. The van der Waals surface area contributed by atoms with Crippen molar-refractivity contribution >= 4 is 17.5 Å². The average molecular weight is 313 g/mol. The molecule has 21 heavy (non-hydrogen) atoms. The number of carbonyl (C=O) groups excluding carboxylic acids is 1. The third-order valence-corrected chi connectivity index (χ3v) is 4.98. The quantitative estimate of drug-likeness (QED) is 0.902. The summed E-state index contributed by atoms with van der Waals surface area (Å²) in [6.07, 6.45) is 0.911. The van der Waals surface area contributed by atoms with Gasteiger partial charge in [-0.1, -0.05) is 11.6 Å². The number of aliphatic hydroxyl groups excluding tert-OH is 1. The Balaban J connectivity index is 1.68. The smallest absolute Gasteiger partial charge is 0.254 e. The van der Waals surface area contributed by atoms with E-state index in [0.717, 1.165) is 13.0 Å². The van der Waals surface area contributed by atoms with Gasteiger partial charge in [-0.05, 0) is 37.6 Å². The third kappa shape index (κ3) is 2.43. The molecule has 1 aromatic rings. The second-order valence-electron chi connectivity index (χ2n) is 6.15. The molecular weight excluding hydrogens is 295 g/mol. The van der Waals surface area contributed by atoms with Crippen LogP contribution < -0.4 is 0 Å². The van der Waals surface area contributed by atoms with Gasteiger partial charge in [-0.3, -0.25) is 9.69 Å². The Morgan fingerprint density at radius 1 is 1.52 bits per heavy atom. The molecule has 1 aromatic carbocycles. The summed E-state index contributed by atoms with van der Waals surface area (Å²) >= 11 is 5.72. The second-order valence-corrected chi connectivity index (χ2v) is 6.55. The lowest BCUT2D eigenvalue weighted by Crippen LogP contribution is -2.68. The molecule has 1 spiro atoms. The highest BCUT2D eigenvalue weighted by Crippen LogP contribution is 2.39. The van der Waals surface area contributed by atoms with Gasteiger partial charge in [-0.2, -0.15) is 0 Å². The number of amides is 1. The summed E-state index contributed by atoms with van der Waals surface area (Å²) in [4.78, 5) is 16.3. The van der Waals surface area contributed by atoms with Crippen molar-refractivity contribution < 1.29 is 14.3 Å². The van der Waals surface area contributed by atoms with Crippen LogP contribution in [0.5, 0.6) is 0 Å². The van der Waals surface area contributed by atoms with Gasteiger partial charge in [0.15, 0.2) is 0 Å². The van der Waals surface area contributed by atoms with E-state index in [0.29, 0.717) is 18.7 Å². The molecule has 2 aliphatic heterocycles. The predicted octanol–water partition coefficient (Wildman–Crippen LogP) is 1.62. The van der Waals surface area contributed by atoms with E-state index >= 15 is 0 Å². The van der Waals surface area contributed by atoms with Gasteiger partial charge in [-0.15, -0.1) is 0 Å². The number of aliphatic hydroxyl groups is 1. The van der Waals surface area contributed by atoms with Crippen LogP contribution in [-0.2, 0) is 0 Å². The molecule has 0 saturated carbocycles. The van der Waals surface area contributed by atoms with E-state index in [2.05, 4.69) is 4.90 Å². The van der Waals surface area contributed by atoms with Crippen molar-refractivity contribution in [3.63, 3.8) is 0 Å². The Morgan fingerprint density at radius 2 is 2.24 bits per heavy atom. The maximum Gasteiger partial charge on any atom is 0.254 e. The van der Waals surface area contributed by atoms with Gasteiger partial charge in [0.1, 0.15) is 5.82 Å². The first kappa shape index (κ1) is 14.8. The van der Waals surface area contributed by atoms with E-state index in [4.69, 9.17) is 11.6 Å². The van der Waals surface area contributed by atoms with Gasteiger partial charge in [0.25, 0.3) is 5.91 Å². The number of likely N-dealkylation sites (tertiary alicyclic amines) is 2. The monoisotopic (exact) mass is 312 g/mol. The molecule has 0 unspecified atom stereocenters. The first-order valence-corrected chi connectivity index (χ1v) is 7.39. The number of likely N-dealkylation sites (N-methyl/N-ethyl adjacent to an activating group) is 1. The van der Waals surface area contributed by atoms with Crippen molar-refractivity contribution in [1.29, 1.82) is 0 Å². The molecule has 3 rings (SSSR count). The molecule has 2 aliphatic rings. The number of carbonyl (C=O) groups is 1. The molecule has 4 nitrogen and oxygen atoms in total. The fourth-order valence-corrected chi connectivity index (χ4v) is 3.63. The normalized spacial score (nSPS) is 24.4. The fraction of sp³-hybridized carbons (Fsp3) is 0.533. The van der Waals surface area contributed by atoms with E-state index in [1.165, 1.54) is 18.2 Å². The van der Waals surface area contributed by atoms with E-state index in [-0.39, 0.29) is 29.0 Å². The van der Waals surface area contributed by atoms with Crippen LogP contribution in [0.15, 0.2) is 18.2 Å².